The number of aryl methyl sites for hydroxylation is 1. The Morgan fingerprint density at radius 2 is 1.86 bits per heavy atom. The van der Waals surface area contributed by atoms with E-state index < -0.39 is 32.8 Å². The van der Waals surface area contributed by atoms with Crippen LogP contribution in [0.1, 0.15) is 58.6 Å². The maximum absolute atomic E-state index is 15.5. The van der Waals surface area contributed by atoms with Crippen LogP contribution in [0.2, 0.25) is 0 Å². The second-order valence-electron chi connectivity index (χ2n) is 11.0. The number of fused-ring (bicyclic) bond motifs is 1. The lowest BCUT2D eigenvalue weighted by Crippen LogP contribution is -2.53. The molecule has 0 bridgehead atoms. The van der Waals surface area contributed by atoms with Gasteiger partial charge in [0.15, 0.2) is 9.84 Å². The number of carbonyl (C=O) groups is 1. The highest BCUT2D eigenvalue weighted by molar-refractivity contribution is 7.90. The molecule has 35 heavy (non-hydrogen) atoms. The summed E-state index contributed by atoms with van der Waals surface area (Å²) in [6, 6.07) is 2.25. The molecular weight excluding hydrogens is 473 g/mol. The minimum Gasteiger partial charge on any atom is -0.465 e. The molecule has 1 amide bonds. The number of pyridine rings is 1. The molecule has 2 heterocycles. The average molecular weight is 508 g/mol. The number of hydrogen-bond acceptors (Lipinski definition) is 5. The highest BCUT2D eigenvalue weighted by atomic mass is 32.2. The minimum absolute atomic E-state index is 0.0121. The van der Waals surface area contributed by atoms with Gasteiger partial charge in [-0.2, -0.15) is 0 Å². The van der Waals surface area contributed by atoms with Crippen LogP contribution in [0.4, 0.5) is 14.9 Å². The first-order valence-electron chi connectivity index (χ1n) is 12.0. The van der Waals surface area contributed by atoms with Crippen molar-refractivity contribution in [2.24, 2.45) is 5.92 Å². The zero-order valence-electron chi connectivity index (χ0n) is 21.1. The summed E-state index contributed by atoms with van der Waals surface area (Å²) in [6.45, 7) is 10.3. The molecule has 0 unspecified atom stereocenters. The van der Waals surface area contributed by atoms with Crippen molar-refractivity contribution in [3.63, 3.8) is 0 Å². The standard InChI is InChI=1S/C25H34FN3O5S/c1-14-21-17(12-20(35(6,33)34)23(30)28(21)18-7-8-18)11-19(26)22(14)27-10-9-16(13-27)15(2)29(24(31)32)25(3,4)5/h11-12,15-16,18H,7-10,13H2,1-6H3,(H,31,32)/t15-,16+/m0/s1. The molecule has 2 fully saturated rings. The number of hydrogen-bond donors (Lipinski definition) is 1. The SMILES string of the molecule is Cc1c(N2CC[C@@H]([C@H](C)N(C(=O)O)C(C)(C)C)C2)c(F)cc2cc(S(C)(=O)=O)c(=O)n(C3CC3)c12. The van der Waals surface area contributed by atoms with Crippen molar-refractivity contribution < 1.29 is 22.7 Å². The summed E-state index contributed by atoms with van der Waals surface area (Å²) in [5.74, 6) is -0.465. The van der Waals surface area contributed by atoms with Crippen LogP contribution in [-0.4, -0.2) is 60.0 Å². The molecule has 0 radical (unpaired) electrons. The molecular formula is C25H34FN3O5S. The van der Waals surface area contributed by atoms with Crippen LogP contribution in [0.3, 0.4) is 0 Å². The summed E-state index contributed by atoms with van der Waals surface area (Å²) in [4.78, 5) is 28.2. The fourth-order valence-corrected chi connectivity index (χ4v) is 6.39. The number of aromatic nitrogens is 1. The molecule has 0 spiro atoms. The van der Waals surface area contributed by atoms with Crippen molar-refractivity contribution in [1.29, 1.82) is 0 Å². The third kappa shape index (κ3) is 4.52. The molecule has 2 atom stereocenters. The zero-order chi connectivity index (χ0) is 26.0. The molecule has 4 rings (SSSR count). The Kier molecular flexibility index (Phi) is 6.18. The second kappa shape index (κ2) is 8.50. The summed E-state index contributed by atoms with van der Waals surface area (Å²) in [5.41, 5.74) is 0.437. The number of carboxylic acid groups (broad SMARTS) is 1. The fraction of sp³-hybridized carbons (Fsp3) is 0.600. The molecule has 10 heteroatoms. The average Bonchev–Trinajstić information content (AvgIpc) is 3.42. The molecule has 1 aliphatic carbocycles. The van der Waals surface area contributed by atoms with Gasteiger partial charge in [-0.25, -0.2) is 17.6 Å². The topological polar surface area (TPSA) is 99.9 Å². The number of nitrogens with zero attached hydrogens (tertiary/aromatic N) is 3. The number of rotatable bonds is 5. The van der Waals surface area contributed by atoms with Crippen molar-refractivity contribution in [1.82, 2.24) is 9.47 Å². The van der Waals surface area contributed by atoms with Crippen LogP contribution >= 0.6 is 0 Å². The van der Waals surface area contributed by atoms with E-state index >= 15 is 4.39 Å². The van der Waals surface area contributed by atoms with Crippen molar-refractivity contribution in [2.75, 3.05) is 24.2 Å². The predicted molar refractivity (Wildman–Crippen MR) is 134 cm³/mol. The molecule has 1 aromatic carbocycles. The molecule has 1 aromatic heterocycles. The number of sulfone groups is 1. The smallest absolute Gasteiger partial charge is 0.407 e. The molecule has 1 aliphatic heterocycles. The largest absolute Gasteiger partial charge is 0.465 e. The van der Waals surface area contributed by atoms with Crippen LogP contribution in [0.15, 0.2) is 21.8 Å². The number of anilines is 1. The Morgan fingerprint density at radius 1 is 1.23 bits per heavy atom. The van der Waals surface area contributed by atoms with E-state index in [2.05, 4.69) is 0 Å². The monoisotopic (exact) mass is 507 g/mol. The summed E-state index contributed by atoms with van der Waals surface area (Å²) in [6.07, 6.45) is 2.27. The summed E-state index contributed by atoms with van der Waals surface area (Å²) < 4.78 is 41.6. The van der Waals surface area contributed by atoms with Gasteiger partial charge in [-0.05, 0) is 77.5 Å². The van der Waals surface area contributed by atoms with Crippen LogP contribution in [0.5, 0.6) is 0 Å². The third-order valence-electron chi connectivity index (χ3n) is 7.32. The lowest BCUT2D eigenvalue weighted by molar-refractivity contribution is 0.0585. The normalized spacial score (nSPS) is 19.9. The number of benzene rings is 1. The number of halogens is 1. The first-order chi connectivity index (χ1) is 16.1. The molecule has 1 saturated carbocycles. The van der Waals surface area contributed by atoms with Crippen molar-refractivity contribution in [3.8, 4) is 0 Å². The highest BCUT2D eigenvalue weighted by Gasteiger charge is 2.39. The summed E-state index contributed by atoms with van der Waals surface area (Å²) >= 11 is 0. The van der Waals surface area contributed by atoms with Gasteiger partial charge in [-0.15, -0.1) is 0 Å². The second-order valence-corrected chi connectivity index (χ2v) is 13.0. The Morgan fingerprint density at radius 3 is 2.37 bits per heavy atom. The van der Waals surface area contributed by atoms with Gasteiger partial charge in [0, 0.05) is 42.4 Å². The van der Waals surface area contributed by atoms with Crippen LogP contribution in [-0.2, 0) is 9.84 Å². The molecule has 192 valence electrons. The first-order valence-corrected chi connectivity index (χ1v) is 13.9. The van der Waals surface area contributed by atoms with E-state index in [1.807, 2.05) is 32.6 Å². The van der Waals surface area contributed by atoms with E-state index in [0.29, 0.717) is 41.7 Å². The molecule has 2 aromatic rings. The van der Waals surface area contributed by atoms with E-state index in [1.54, 1.807) is 6.92 Å². The Bertz CT molecular complexity index is 1360. The van der Waals surface area contributed by atoms with Gasteiger partial charge in [0.1, 0.15) is 10.7 Å². The number of amides is 1. The van der Waals surface area contributed by atoms with Crippen molar-refractivity contribution >= 4 is 32.5 Å². The van der Waals surface area contributed by atoms with Crippen LogP contribution < -0.4 is 10.5 Å². The molecule has 1 saturated heterocycles. The summed E-state index contributed by atoms with van der Waals surface area (Å²) in [5, 5.41) is 10.2. The first kappa shape index (κ1) is 25.5. The third-order valence-corrected chi connectivity index (χ3v) is 8.41. The Balaban J connectivity index is 1.78. The van der Waals surface area contributed by atoms with E-state index in [9.17, 15) is 23.1 Å². The minimum atomic E-state index is -3.77. The van der Waals surface area contributed by atoms with Gasteiger partial charge < -0.3 is 19.5 Å². The fourth-order valence-electron chi connectivity index (χ4n) is 5.64. The van der Waals surface area contributed by atoms with Gasteiger partial charge in [0.2, 0.25) is 0 Å². The molecule has 8 nitrogen and oxygen atoms in total. The van der Waals surface area contributed by atoms with Gasteiger partial charge >= 0.3 is 6.09 Å². The van der Waals surface area contributed by atoms with E-state index in [4.69, 9.17) is 0 Å². The van der Waals surface area contributed by atoms with E-state index in [0.717, 1.165) is 19.1 Å². The van der Waals surface area contributed by atoms with Crippen LogP contribution in [0, 0.1) is 18.7 Å². The lowest BCUT2D eigenvalue weighted by Gasteiger charge is -2.40. The Labute approximate surface area is 205 Å². The quantitative estimate of drug-likeness (QED) is 0.652. The van der Waals surface area contributed by atoms with Gasteiger partial charge in [-0.1, -0.05) is 0 Å². The van der Waals surface area contributed by atoms with E-state index in [1.165, 1.54) is 21.6 Å². The van der Waals surface area contributed by atoms with Gasteiger partial charge in [-0.3, -0.25) is 4.79 Å². The van der Waals surface area contributed by atoms with Crippen LogP contribution in [0.25, 0.3) is 10.9 Å². The van der Waals surface area contributed by atoms with Crippen molar-refractivity contribution in [3.05, 3.63) is 33.9 Å². The molecule has 1 N–H and O–H groups in total. The van der Waals surface area contributed by atoms with Gasteiger partial charge in [0.25, 0.3) is 5.56 Å². The maximum atomic E-state index is 15.5. The Hall–Kier alpha value is -2.62. The summed E-state index contributed by atoms with van der Waals surface area (Å²) in [7, 11) is -3.77. The lowest BCUT2D eigenvalue weighted by atomic mass is 9.94. The maximum Gasteiger partial charge on any atom is 0.407 e. The van der Waals surface area contributed by atoms with Gasteiger partial charge in [0.05, 0.1) is 11.2 Å². The predicted octanol–water partition coefficient (Wildman–Crippen LogP) is 4.18. The molecule has 2 aliphatic rings. The van der Waals surface area contributed by atoms with E-state index in [-0.39, 0.29) is 22.9 Å². The van der Waals surface area contributed by atoms with Crippen molar-refractivity contribution in [2.45, 2.75) is 76.4 Å². The zero-order valence-corrected chi connectivity index (χ0v) is 21.9. The highest BCUT2D eigenvalue weighted by Crippen LogP contribution is 2.41.